The number of carbonyl (C=O) groups is 1. The molecule has 2 aromatic carbocycles. The molecule has 0 aliphatic carbocycles. The summed E-state index contributed by atoms with van der Waals surface area (Å²) in [6, 6.07) is 17.8. The summed E-state index contributed by atoms with van der Waals surface area (Å²) >= 11 is 0. The van der Waals surface area contributed by atoms with Crippen LogP contribution in [0.4, 0.5) is 0 Å². The van der Waals surface area contributed by atoms with E-state index in [0.717, 1.165) is 16.9 Å². The standard InChI is InChI=1S/C21H21N3O3/c1-21(2,15-9-11-16(27-3)12-10-15)24-20(26)17-13-18(25)23-19(22-17)14-7-5-4-6-8-14/h4-13H,1-3H3,(H,24,26)(H,22,23,25). The molecule has 0 atom stereocenters. The third-order valence-corrected chi connectivity index (χ3v) is 4.26. The predicted octanol–water partition coefficient (Wildman–Crippen LogP) is 3.11. The SMILES string of the molecule is COc1ccc(C(C)(C)NC(=O)c2cc(=O)[nH]c(-c3ccccc3)n2)cc1. The van der Waals surface area contributed by atoms with Crippen LogP contribution in [-0.4, -0.2) is 23.0 Å². The lowest BCUT2D eigenvalue weighted by Gasteiger charge is -2.27. The molecule has 0 aliphatic heterocycles. The molecule has 2 N–H and O–H groups in total. The van der Waals surface area contributed by atoms with Gasteiger partial charge in [-0.1, -0.05) is 42.5 Å². The Kier molecular flexibility index (Phi) is 5.07. The van der Waals surface area contributed by atoms with E-state index in [2.05, 4.69) is 15.3 Å². The first-order chi connectivity index (χ1) is 12.9. The molecule has 0 fully saturated rings. The highest BCUT2D eigenvalue weighted by molar-refractivity contribution is 5.93. The smallest absolute Gasteiger partial charge is 0.270 e. The summed E-state index contributed by atoms with van der Waals surface area (Å²) < 4.78 is 5.17. The van der Waals surface area contributed by atoms with Crippen LogP contribution in [0.25, 0.3) is 11.4 Å². The number of nitrogens with one attached hydrogen (secondary N) is 2. The highest BCUT2D eigenvalue weighted by Crippen LogP contribution is 2.23. The number of nitrogens with zero attached hydrogens (tertiary/aromatic N) is 1. The fraction of sp³-hybridized carbons (Fsp3) is 0.190. The van der Waals surface area contributed by atoms with Crippen LogP contribution in [-0.2, 0) is 5.54 Å². The van der Waals surface area contributed by atoms with Crippen molar-refractivity contribution in [2.24, 2.45) is 0 Å². The summed E-state index contributed by atoms with van der Waals surface area (Å²) in [6.07, 6.45) is 0. The topological polar surface area (TPSA) is 84.1 Å². The van der Waals surface area contributed by atoms with E-state index in [1.54, 1.807) is 7.11 Å². The number of ether oxygens (including phenoxy) is 1. The quantitative estimate of drug-likeness (QED) is 0.729. The Hall–Kier alpha value is -3.41. The van der Waals surface area contributed by atoms with Crippen LogP contribution in [0.3, 0.4) is 0 Å². The first kappa shape index (κ1) is 18.4. The van der Waals surface area contributed by atoms with Crippen LogP contribution in [0.2, 0.25) is 0 Å². The van der Waals surface area contributed by atoms with Crippen LogP contribution in [0.1, 0.15) is 29.9 Å². The first-order valence-electron chi connectivity index (χ1n) is 8.53. The van der Waals surface area contributed by atoms with Gasteiger partial charge in [-0.3, -0.25) is 9.59 Å². The molecule has 6 nitrogen and oxygen atoms in total. The number of aromatic nitrogens is 2. The normalized spacial score (nSPS) is 11.1. The Morgan fingerprint density at radius 3 is 2.37 bits per heavy atom. The average Bonchev–Trinajstić information content (AvgIpc) is 2.68. The van der Waals surface area contributed by atoms with Gasteiger partial charge in [-0.2, -0.15) is 0 Å². The average molecular weight is 363 g/mol. The fourth-order valence-electron chi connectivity index (χ4n) is 2.73. The van der Waals surface area contributed by atoms with Gasteiger partial charge in [-0.25, -0.2) is 4.98 Å². The minimum Gasteiger partial charge on any atom is -0.497 e. The van der Waals surface area contributed by atoms with Crippen molar-refractivity contribution in [1.82, 2.24) is 15.3 Å². The lowest BCUT2D eigenvalue weighted by molar-refractivity contribution is 0.0906. The minimum absolute atomic E-state index is 0.0687. The van der Waals surface area contributed by atoms with Crippen molar-refractivity contribution >= 4 is 5.91 Å². The number of methoxy groups -OCH3 is 1. The molecular weight excluding hydrogens is 342 g/mol. The summed E-state index contributed by atoms with van der Waals surface area (Å²) in [5.74, 6) is 0.680. The molecule has 0 bridgehead atoms. The number of aromatic amines is 1. The summed E-state index contributed by atoms with van der Waals surface area (Å²) in [6.45, 7) is 3.77. The molecule has 138 valence electrons. The van der Waals surface area contributed by atoms with Gasteiger partial charge in [0, 0.05) is 11.6 Å². The lowest BCUT2D eigenvalue weighted by Crippen LogP contribution is -2.41. The number of hydrogen-bond donors (Lipinski definition) is 2. The van der Waals surface area contributed by atoms with Gasteiger partial charge in [0.15, 0.2) is 0 Å². The zero-order valence-electron chi connectivity index (χ0n) is 15.4. The number of amides is 1. The molecule has 0 aliphatic rings. The van der Waals surface area contributed by atoms with Gasteiger partial charge in [-0.15, -0.1) is 0 Å². The van der Waals surface area contributed by atoms with Gasteiger partial charge < -0.3 is 15.0 Å². The van der Waals surface area contributed by atoms with Gasteiger partial charge in [0.1, 0.15) is 17.3 Å². The Morgan fingerprint density at radius 2 is 1.74 bits per heavy atom. The Labute approximate surface area is 157 Å². The number of rotatable bonds is 5. The van der Waals surface area contributed by atoms with E-state index in [1.807, 2.05) is 68.4 Å². The van der Waals surface area contributed by atoms with E-state index >= 15 is 0 Å². The Bertz CT molecular complexity index is 993. The third kappa shape index (κ3) is 4.23. The molecule has 1 aromatic heterocycles. The van der Waals surface area contributed by atoms with Crippen LogP contribution in [0.15, 0.2) is 65.5 Å². The van der Waals surface area contributed by atoms with E-state index in [4.69, 9.17) is 4.74 Å². The predicted molar refractivity (Wildman–Crippen MR) is 104 cm³/mol. The second kappa shape index (κ2) is 7.45. The van der Waals surface area contributed by atoms with E-state index in [1.165, 1.54) is 6.07 Å². The number of H-pyrrole nitrogens is 1. The van der Waals surface area contributed by atoms with Crippen LogP contribution in [0, 0.1) is 0 Å². The maximum Gasteiger partial charge on any atom is 0.270 e. The summed E-state index contributed by atoms with van der Waals surface area (Å²) in [5, 5.41) is 2.94. The largest absolute Gasteiger partial charge is 0.497 e. The summed E-state index contributed by atoms with van der Waals surface area (Å²) in [4.78, 5) is 31.7. The second-order valence-electron chi connectivity index (χ2n) is 6.65. The first-order valence-corrected chi connectivity index (χ1v) is 8.53. The second-order valence-corrected chi connectivity index (χ2v) is 6.65. The zero-order valence-corrected chi connectivity index (χ0v) is 15.4. The van der Waals surface area contributed by atoms with Gasteiger partial charge in [-0.05, 0) is 31.5 Å². The highest BCUT2D eigenvalue weighted by atomic mass is 16.5. The van der Waals surface area contributed by atoms with E-state index < -0.39 is 11.4 Å². The molecule has 0 saturated carbocycles. The third-order valence-electron chi connectivity index (χ3n) is 4.26. The van der Waals surface area contributed by atoms with E-state index in [-0.39, 0.29) is 11.3 Å². The maximum atomic E-state index is 12.7. The van der Waals surface area contributed by atoms with Crippen molar-refractivity contribution in [3.63, 3.8) is 0 Å². The maximum absolute atomic E-state index is 12.7. The van der Waals surface area contributed by atoms with Gasteiger partial charge in [0.05, 0.1) is 12.6 Å². The van der Waals surface area contributed by atoms with E-state index in [0.29, 0.717) is 5.82 Å². The molecule has 3 rings (SSSR count). The zero-order chi connectivity index (χ0) is 19.4. The van der Waals surface area contributed by atoms with Gasteiger partial charge >= 0.3 is 0 Å². The Morgan fingerprint density at radius 1 is 1.07 bits per heavy atom. The van der Waals surface area contributed by atoms with Crippen molar-refractivity contribution in [2.75, 3.05) is 7.11 Å². The van der Waals surface area contributed by atoms with Crippen molar-refractivity contribution in [1.29, 1.82) is 0 Å². The molecule has 3 aromatic rings. The molecule has 0 radical (unpaired) electrons. The van der Waals surface area contributed by atoms with Crippen molar-refractivity contribution in [3.05, 3.63) is 82.3 Å². The number of benzene rings is 2. The molecule has 0 saturated heterocycles. The molecule has 0 unspecified atom stereocenters. The van der Waals surface area contributed by atoms with Crippen LogP contribution < -0.4 is 15.6 Å². The monoisotopic (exact) mass is 363 g/mol. The molecule has 1 heterocycles. The molecular formula is C21H21N3O3. The van der Waals surface area contributed by atoms with Crippen molar-refractivity contribution in [2.45, 2.75) is 19.4 Å². The molecule has 1 amide bonds. The van der Waals surface area contributed by atoms with E-state index in [9.17, 15) is 9.59 Å². The Balaban J connectivity index is 1.87. The summed E-state index contributed by atoms with van der Waals surface area (Å²) in [7, 11) is 1.60. The molecule has 6 heteroatoms. The highest BCUT2D eigenvalue weighted by Gasteiger charge is 2.24. The number of carbonyl (C=O) groups excluding carboxylic acids is 1. The summed E-state index contributed by atoms with van der Waals surface area (Å²) in [5.41, 5.74) is 0.680. The van der Waals surface area contributed by atoms with Crippen molar-refractivity contribution < 1.29 is 9.53 Å². The van der Waals surface area contributed by atoms with Crippen LogP contribution in [0.5, 0.6) is 5.75 Å². The fourth-order valence-corrected chi connectivity index (χ4v) is 2.73. The molecule has 0 spiro atoms. The lowest BCUT2D eigenvalue weighted by atomic mass is 9.94. The van der Waals surface area contributed by atoms with Gasteiger partial charge in [0.2, 0.25) is 0 Å². The van der Waals surface area contributed by atoms with Crippen molar-refractivity contribution in [3.8, 4) is 17.1 Å². The van der Waals surface area contributed by atoms with Gasteiger partial charge in [0.25, 0.3) is 11.5 Å². The van der Waals surface area contributed by atoms with Crippen LogP contribution >= 0.6 is 0 Å². The number of hydrogen-bond acceptors (Lipinski definition) is 4. The minimum atomic E-state index is -0.652. The molecule has 27 heavy (non-hydrogen) atoms.